The van der Waals surface area contributed by atoms with E-state index in [0.717, 1.165) is 4.88 Å². The quantitative estimate of drug-likeness (QED) is 0.619. The van der Waals surface area contributed by atoms with Crippen LogP contribution in [0, 0.1) is 0 Å². The molecular weight excluding hydrogens is 276 g/mol. The summed E-state index contributed by atoms with van der Waals surface area (Å²) in [5, 5.41) is 1.95. The molecule has 0 spiro atoms. The second-order valence-electron chi connectivity index (χ2n) is 4.90. The van der Waals surface area contributed by atoms with E-state index < -0.39 is 0 Å². The van der Waals surface area contributed by atoms with Crippen molar-refractivity contribution in [3.8, 4) is 0 Å². The first-order chi connectivity index (χ1) is 9.65. The Hall–Kier alpha value is -1.95. The fourth-order valence-corrected chi connectivity index (χ4v) is 3.06. The summed E-state index contributed by atoms with van der Waals surface area (Å²) in [4.78, 5) is 39.0. The molecule has 3 heterocycles. The van der Waals surface area contributed by atoms with Gasteiger partial charge in [-0.25, -0.2) is 0 Å². The average molecular weight is 290 g/mol. The Kier molecular flexibility index (Phi) is 3.40. The zero-order valence-corrected chi connectivity index (χ0v) is 11.6. The second kappa shape index (κ2) is 5.20. The molecule has 5 nitrogen and oxygen atoms in total. The molecule has 3 amide bonds. The lowest BCUT2D eigenvalue weighted by Crippen LogP contribution is -2.61. The maximum absolute atomic E-state index is 11.9. The smallest absolute Gasteiger partial charge is 0.246 e. The molecule has 3 rings (SSSR count). The third-order valence-corrected chi connectivity index (χ3v) is 4.40. The number of rotatable bonds is 3. The monoisotopic (exact) mass is 290 g/mol. The van der Waals surface area contributed by atoms with Gasteiger partial charge in [0.05, 0.1) is 6.04 Å². The van der Waals surface area contributed by atoms with E-state index in [-0.39, 0.29) is 23.8 Å². The SMILES string of the molecule is O=C(/C=C/c1cccs1)N1CC(N2C(=O)CCC2=O)C1. The third-order valence-electron chi connectivity index (χ3n) is 3.56. The number of hydrogen-bond acceptors (Lipinski definition) is 4. The Morgan fingerprint density at radius 2 is 1.95 bits per heavy atom. The summed E-state index contributed by atoms with van der Waals surface area (Å²) in [7, 11) is 0. The molecule has 0 atom stereocenters. The summed E-state index contributed by atoms with van der Waals surface area (Å²) < 4.78 is 0. The van der Waals surface area contributed by atoms with Crippen LogP contribution in [-0.2, 0) is 14.4 Å². The van der Waals surface area contributed by atoms with Crippen molar-refractivity contribution < 1.29 is 14.4 Å². The number of likely N-dealkylation sites (tertiary alicyclic amines) is 2. The van der Waals surface area contributed by atoms with Gasteiger partial charge in [0.2, 0.25) is 17.7 Å². The van der Waals surface area contributed by atoms with Gasteiger partial charge in [-0.15, -0.1) is 11.3 Å². The molecule has 2 aliphatic heterocycles. The van der Waals surface area contributed by atoms with Crippen molar-refractivity contribution in [2.24, 2.45) is 0 Å². The van der Waals surface area contributed by atoms with Crippen molar-refractivity contribution in [2.45, 2.75) is 18.9 Å². The summed E-state index contributed by atoms with van der Waals surface area (Å²) in [6.45, 7) is 0.899. The number of hydrogen-bond donors (Lipinski definition) is 0. The largest absolute Gasteiger partial charge is 0.335 e. The van der Waals surface area contributed by atoms with Gasteiger partial charge in [0.25, 0.3) is 0 Å². The number of imide groups is 1. The highest BCUT2D eigenvalue weighted by atomic mass is 32.1. The van der Waals surface area contributed by atoms with Gasteiger partial charge in [-0.1, -0.05) is 6.07 Å². The van der Waals surface area contributed by atoms with Gasteiger partial charge in [0.1, 0.15) is 0 Å². The van der Waals surface area contributed by atoms with Crippen LogP contribution in [0.4, 0.5) is 0 Å². The van der Waals surface area contributed by atoms with Crippen LogP contribution in [0.25, 0.3) is 6.08 Å². The molecule has 1 aromatic rings. The summed E-state index contributed by atoms with van der Waals surface area (Å²) in [5.74, 6) is -0.295. The maximum Gasteiger partial charge on any atom is 0.246 e. The molecular formula is C14H14N2O3S. The predicted molar refractivity (Wildman–Crippen MR) is 74.8 cm³/mol. The van der Waals surface area contributed by atoms with E-state index >= 15 is 0 Å². The van der Waals surface area contributed by atoms with Gasteiger partial charge in [-0.05, 0) is 17.5 Å². The van der Waals surface area contributed by atoms with Crippen LogP contribution in [0.1, 0.15) is 17.7 Å². The molecule has 0 aliphatic carbocycles. The van der Waals surface area contributed by atoms with Gasteiger partial charge in [0.15, 0.2) is 0 Å². The highest BCUT2D eigenvalue weighted by Crippen LogP contribution is 2.22. The maximum atomic E-state index is 11.9. The predicted octanol–water partition coefficient (Wildman–Crippen LogP) is 1.12. The van der Waals surface area contributed by atoms with E-state index in [1.165, 1.54) is 11.0 Å². The molecule has 104 valence electrons. The lowest BCUT2D eigenvalue weighted by Gasteiger charge is -2.42. The first-order valence-corrected chi connectivity index (χ1v) is 7.38. The lowest BCUT2D eigenvalue weighted by molar-refractivity contribution is -0.149. The van der Waals surface area contributed by atoms with Gasteiger partial charge in [0, 0.05) is 36.9 Å². The van der Waals surface area contributed by atoms with Gasteiger partial charge < -0.3 is 4.90 Å². The molecule has 2 saturated heterocycles. The molecule has 0 unspecified atom stereocenters. The molecule has 0 aromatic carbocycles. The van der Waals surface area contributed by atoms with Crippen molar-refractivity contribution in [2.75, 3.05) is 13.1 Å². The third kappa shape index (κ3) is 2.38. The Morgan fingerprint density at radius 3 is 2.55 bits per heavy atom. The standard InChI is InChI=1S/C14H14N2O3S/c17-12(4-3-11-2-1-7-20-11)15-8-10(9-15)16-13(18)5-6-14(16)19/h1-4,7,10H,5-6,8-9H2/b4-3+. The van der Waals surface area contributed by atoms with Crippen LogP contribution in [-0.4, -0.2) is 46.7 Å². The minimum Gasteiger partial charge on any atom is -0.335 e. The van der Waals surface area contributed by atoms with E-state index in [0.29, 0.717) is 25.9 Å². The van der Waals surface area contributed by atoms with E-state index in [9.17, 15) is 14.4 Å². The van der Waals surface area contributed by atoms with Crippen molar-refractivity contribution in [1.29, 1.82) is 0 Å². The van der Waals surface area contributed by atoms with Crippen LogP contribution in [0.3, 0.4) is 0 Å². The van der Waals surface area contributed by atoms with Crippen molar-refractivity contribution >= 4 is 35.1 Å². The number of thiophene rings is 1. The number of nitrogens with zero attached hydrogens (tertiary/aromatic N) is 2. The van der Waals surface area contributed by atoms with Crippen molar-refractivity contribution in [1.82, 2.24) is 9.80 Å². The zero-order valence-electron chi connectivity index (χ0n) is 10.8. The summed E-state index contributed by atoms with van der Waals surface area (Å²) in [6.07, 6.45) is 3.94. The van der Waals surface area contributed by atoms with E-state index in [1.54, 1.807) is 22.3 Å². The molecule has 2 aliphatic rings. The summed E-state index contributed by atoms with van der Waals surface area (Å²) in [5.41, 5.74) is 0. The van der Waals surface area contributed by atoms with Crippen LogP contribution < -0.4 is 0 Å². The van der Waals surface area contributed by atoms with Crippen LogP contribution >= 0.6 is 11.3 Å². The first-order valence-electron chi connectivity index (χ1n) is 6.50. The normalized spacial score (nSPS) is 20.0. The van der Waals surface area contributed by atoms with E-state index in [4.69, 9.17) is 0 Å². The van der Waals surface area contributed by atoms with Gasteiger partial charge in [-0.2, -0.15) is 0 Å². The zero-order chi connectivity index (χ0) is 14.1. The highest BCUT2D eigenvalue weighted by Gasteiger charge is 2.42. The highest BCUT2D eigenvalue weighted by molar-refractivity contribution is 7.10. The van der Waals surface area contributed by atoms with Gasteiger partial charge >= 0.3 is 0 Å². The van der Waals surface area contributed by atoms with Crippen LogP contribution in [0.2, 0.25) is 0 Å². The van der Waals surface area contributed by atoms with E-state index in [2.05, 4.69) is 0 Å². The molecule has 2 fully saturated rings. The van der Waals surface area contributed by atoms with Crippen molar-refractivity contribution in [3.63, 3.8) is 0 Å². The lowest BCUT2D eigenvalue weighted by atomic mass is 10.1. The number of carbonyl (C=O) groups excluding carboxylic acids is 3. The number of amides is 3. The summed E-state index contributed by atoms with van der Waals surface area (Å²) >= 11 is 1.57. The van der Waals surface area contributed by atoms with Crippen molar-refractivity contribution in [3.05, 3.63) is 28.5 Å². The molecule has 1 aromatic heterocycles. The van der Waals surface area contributed by atoms with E-state index in [1.807, 2.05) is 17.5 Å². The Labute approximate surface area is 120 Å². The number of carbonyl (C=O) groups is 3. The van der Waals surface area contributed by atoms with Crippen LogP contribution in [0.15, 0.2) is 23.6 Å². The minimum atomic E-state index is -0.128. The van der Waals surface area contributed by atoms with Crippen LogP contribution in [0.5, 0.6) is 0 Å². The molecule has 0 saturated carbocycles. The first kappa shape index (κ1) is 13.1. The fraction of sp³-hybridized carbons (Fsp3) is 0.357. The second-order valence-corrected chi connectivity index (χ2v) is 5.88. The molecule has 20 heavy (non-hydrogen) atoms. The fourth-order valence-electron chi connectivity index (χ4n) is 2.44. The Balaban J connectivity index is 1.54. The average Bonchev–Trinajstić information content (AvgIpc) is 2.99. The summed E-state index contributed by atoms with van der Waals surface area (Å²) in [6, 6.07) is 3.74. The Morgan fingerprint density at radius 1 is 1.25 bits per heavy atom. The molecule has 0 bridgehead atoms. The molecule has 6 heteroatoms. The molecule has 0 N–H and O–H groups in total. The Bertz CT molecular complexity index is 557. The van der Waals surface area contributed by atoms with Gasteiger partial charge in [-0.3, -0.25) is 19.3 Å². The molecule has 0 radical (unpaired) electrons. The topological polar surface area (TPSA) is 57.7 Å². The minimum absolute atomic E-state index is 0.0752.